The van der Waals surface area contributed by atoms with Crippen molar-refractivity contribution in [3.63, 3.8) is 0 Å². The van der Waals surface area contributed by atoms with Gasteiger partial charge in [0.25, 0.3) is 0 Å². The Morgan fingerprint density at radius 3 is 2.67 bits per heavy atom. The first-order valence-electron chi connectivity index (χ1n) is 5.95. The van der Waals surface area contributed by atoms with Gasteiger partial charge in [-0.25, -0.2) is 0 Å². The summed E-state index contributed by atoms with van der Waals surface area (Å²) in [5, 5.41) is 0. The fourth-order valence-corrected chi connectivity index (χ4v) is 1.73. The summed E-state index contributed by atoms with van der Waals surface area (Å²) in [7, 11) is 5.60. The van der Waals surface area contributed by atoms with E-state index in [0.717, 1.165) is 5.46 Å². The largest absolute Gasteiger partial charge is 0.262 e. The standard InChI is InChI=1S/C13H20BN/c1-3-4-5-6-7-11(2)13-9-8-12(14)10-15-13/h8-11H,3-7H2,1-2H3. The topological polar surface area (TPSA) is 12.9 Å². The Morgan fingerprint density at radius 2 is 2.07 bits per heavy atom. The number of unbranched alkanes of at least 4 members (excludes halogenated alkanes) is 3. The molecular weight excluding hydrogens is 181 g/mol. The molecule has 15 heavy (non-hydrogen) atoms. The van der Waals surface area contributed by atoms with Crippen molar-refractivity contribution in [3.05, 3.63) is 24.0 Å². The Labute approximate surface area is 94.7 Å². The molecule has 1 nitrogen and oxygen atoms in total. The smallest absolute Gasteiger partial charge is 0.115 e. The second-order valence-electron chi connectivity index (χ2n) is 4.27. The van der Waals surface area contributed by atoms with E-state index in [1.165, 1.54) is 37.8 Å². The fourth-order valence-electron chi connectivity index (χ4n) is 1.73. The van der Waals surface area contributed by atoms with Crippen LogP contribution in [0.3, 0.4) is 0 Å². The van der Waals surface area contributed by atoms with Crippen molar-refractivity contribution in [1.82, 2.24) is 4.98 Å². The molecule has 1 rings (SSSR count). The second kappa shape index (κ2) is 6.65. The number of hydrogen-bond donors (Lipinski definition) is 0. The summed E-state index contributed by atoms with van der Waals surface area (Å²) in [6.45, 7) is 4.48. The van der Waals surface area contributed by atoms with E-state index >= 15 is 0 Å². The molecule has 0 aromatic carbocycles. The van der Waals surface area contributed by atoms with Crippen LogP contribution < -0.4 is 5.46 Å². The zero-order chi connectivity index (χ0) is 11.1. The minimum absolute atomic E-state index is 0.558. The van der Waals surface area contributed by atoms with Crippen molar-refractivity contribution < 1.29 is 0 Å². The van der Waals surface area contributed by atoms with Gasteiger partial charge in [-0.1, -0.05) is 51.1 Å². The van der Waals surface area contributed by atoms with E-state index in [0.29, 0.717) is 5.92 Å². The fraction of sp³-hybridized carbons (Fsp3) is 0.615. The zero-order valence-electron chi connectivity index (χ0n) is 9.87. The summed E-state index contributed by atoms with van der Waals surface area (Å²) in [6.07, 6.45) is 8.28. The summed E-state index contributed by atoms with van der Waals surface area (Å²) >= 11 is 0. The van der Waals surface area contributed by atoms with E-state index in [9.17, 15) is 0 Å². The molecule has 0 fully saturated rings. The number of aromatic nitrogens is 1. The van der Waals surface area contributed by atoms with Crippen LogP contribution in [-0.4, -0.2) is 12.8 Å². The predicted octanol–water partition coefficient (Wildman–Crippen LogP) is 2.95. The molecule has 0 bridgehead atoms. The number of hydrogen-bond acceptors (Lipinski definition) is 1. The molecule has 2 radical (unpaired) electrons. The third kappa shape index (κ3) is 4.50. The summed E-state index contributed by atoms with van der Waals surface area (Å²) in [4.78, 5) is 4.35. The first-order valence-corrected chi connectivity index (χ1v) is 5.95. The van der Waals surface area contributed by atoms with E-state index in [4.69, 9.17) is 7.85 Å². The summed E-state index contributed by atoms with van der Waals surface area (Å²) in [5.41, 5.74) is 1.91. The maximum Gasteiger partial charge on any atom is 0.115 e. The van der Waals surface area contributed by atoms with E-state index in [-0.39, 0.29) is 0 Å². The van der Waals surface area contributed by atoms with Crippen molar-refractivity contribution in [1.29, 1.82) is 0 Å². The maximum absolute atomic E-state index is 5.60. The Morgan fingerprint density at radius 1 is 1.27 bits per heavy atom. The molecule has 0 aliphatic carbocycles. The normalized spacial score (nSPS) is 12.7. The maximum atomic E-state index is 5.60. The Kier molecular flexibility index (Phi) is 5.45. The number of rotatable bonds is 6. The van der Waals surface area contributed by atoms with Crippen LogP contribution >= 0.6 is 0 Å². The minimum atomic E-state index is 0.558. The van der Waals surface area contributed by atoms with E-state index < -0.39 is 0 Å². The van der Waals surface area contributed by atoms with Gasteiger partial charge in [-0.2, -0.15) is 0 Å². The summed E-state index contributed by atoms with van der Waals surface area (Å²) in [5.74, 6) is 0.558. The lowest BCUT2D eigenvalue weighted by molar-refractivity contribution is 0.572. The first-order chi connectivity index (χ1) is 7.24. The molecule has 1 heterocycles. The van der Waals surface area contributed by atoms with Gasteiger partial charge in [0.2, 0.25) is 0 Å². The van der Waals surface area contributed by atoms with Gasteiger partial charge in [0, 0.05) is 11.9 Å². The molecule has 2 heteroatoms. The van der Waals surface area contributed by atoms with Crippen molar-refractivity contribution in [2.75, 3.05) is 0 Å². The highest BCUT2D eigenvalue weighted by atomic mass is 14.7. The molecule has 0 saturated heterocycles. The van der Waals surface area contributed by atoms with Crippen molar-refractivity contribution in [2.24, 2.45) is 0 Å². The molecule has 80 valence electrons. The Balaban J connectivity index is 2.33. The van der Waals surface area contributed by atoms with E-state index in [2.05, 4.69) is 18.8 Å². The quantitative estimate of drug-likeness (QED) is 0.509. The van der Waals surface area contributed by atoms with Crippen molar-refractivity contribution in [2.45, 2.75) is 51.9 Å². The monoisotopic (exact) mass is 201 g/mol. The lowest BCUT2D eigenvalue weighted by atomic mass is 9.95. The van der Waals surface area contributed by atoms with Gasteiger partial charge in [-0.15, -0.1) is 0 Å². The molecule has 0 N–H and O–H groups in total. The van der Waals surface area contributed by atoms with Gasteiger partial charge in [0.1, 0.15) is 7.85 Å². The van der Waals surface area contributed by atoms with Crippen LogP contribution in [0.25, 0.3) is 0 Å². The molecule has 1 aromatic rings. The predicted molar refractivity (Wildman–Crippen MR) is 66.8 cm³/mol. The van der Waals surface area contributed by atoms with E-state index in [1.54, 1.807) is 6.20 Å². The van der Waals surface area contributed by atoms with E-state index in [1.807, 2.05) is 12.1 Å². The minimum Gasteiger partial charge on any atom is -0.262 e. The summed E-state index contributed by atoms with van der Waals surface area (Å²) < 4.78 is 0. The molecule has 0 aliphatic rings. The highest BCUT2D eigenvalue weighted by molar-refractivity contribution is 6.31. The number of nitrogens with zero attached hydrogens (tertiary/aromatic N) is 1. The molecule has 0 aliphatic heterocycles. The van der Waals surface area contributed by atoms with Gasteiger partial charge in [0.05, 0.1) is 0 Å². The number of pyridine rings is 1. The average Bonchev–Trinajstić information content (AvgIpc) is 2.25. The van der Waals surface area contributed by atoms with Crippen LogP contribution in [0.2, 0.25) is 0 Å². The van der Waals surface area contributed by atoms with Gasteiger partial charge in [-0.05, 0) is 18.4 Å². The van der Waals surface area contributed by atoms with Crippen molar-refractivity contribution >= 4 is 13.3 Å². The summed E-state index contributed by atoms with van der Waals surface area (Å²) in [6, 6.07) is 3.98. The molecule has 0 spiro atoms. The molecule has 1 aromatic heterocycles. The lowest BCUT2D eigenvalue weighted by Gasteiger charge is -2.10. The van der Waals surface area contributed by atoms with Gasteiger partial charge in [-0.3, -0.25) is 4.98 Å². The molecule has 0 amide bonds. The lowest BCUT2D eigenvalue weighted by Crippen LogP contribution is -2.05. The highest BCUT2D eigenvalue weighted by Crippen LogP contribution is 2.19. The zero-order valence-corrected chi connectivity index (χ0v) is 9.87. The van der Waals surface area contributed by atoms with Crippen LogP contribution in [0.4, 0.5) is 0 Å². The van der Waals surface area contributed by atoms with Crippen LogP contribution in [-0.2, 0) is 0 Å². The Hall–Kier alpha value is -0.785. The average molecular weight is 201 g/mol. The molecular formula is C13H20BN. The second-order valence-corrected chi connectivity index (χ2v) is 4.27. The highest BCUT2D eigenvalue weighted by Gasteiger charge is 2.05. The van der Waals surface area contributed by atoms with Crippen LogP contribution in [0.5, 0.6) is 0 Å². The van der Waals surface area contributed by atoms with Gasteiger partial charge >= 0.3 is 0 Å². The van der Waals surface area contributed by atoms with Gasteiger partial charge in [0.15, 0.2) is 0 Å². The van der Waals surface area contributed by atoms with Crippen molar-refractivity contribution in [3.8, 4) is 0 Å². The van der Waals surface area contributed by atoms with Crippen LogP contribution in [0.15, 0.2) is 18.3 Å². The third-order valence-corrected chi connectivity index (χ3v) is 2.80. The first kappa shape index (κ1) is 12.3. The SMILES string of the molecule is [B]c1ccc(C(C)CCCCCC)nc1. The molecule has 0 saturated carbocycles. The van der Waals surface area contributed by atoms with Crippen LogP contribution in [0, 0.1) is 0 Å². The molecule has 1 unspecified atom stereocenters. The molecule has 1 atom stereocenters. The van der Waals surface area contributed by atoms with Gasteiger partial charge < -0.3 is 0 Å². The Bertz CT molecular complexity index is 268. The third-order valence-electron chi connectivity index (χ3n) is 2.80. The van der Waals surface area contributed by atoms with Crippen LogP contribution in [0.1, 0.15) is 57.6 Å².